The normalized spacial score (nSPS) is 10.4. The summed E-state index contributed by atoms with van der Waals surface area (Å²) in [7, 11) is 0. The Morgan fingerprint density at radius 1 is 1.41 bits per heavy atom. The smallest absolute Gasteiger partial charge is 0.270 e. The summed E-state index contributed by atoms with van der Waals surface area (Å²) >= 11 is 0. The van der Waals surface area contributed by atoms with Gasteiger partial charge < -0.3 is 16.2 Å². The molecule has 2 rings (SSSR count). The lowest BCUT2D eigenvalue weighted by atomic mass is 10.1. The molecule has 4 N–H and O–H groups in total. The van der Waals surface area contributed by atoms with Gasteiger partial charge in [0.05, 0.1) is 6.61 Å². The van der Waals surface area contributed by atoms with Gasteiger partial charge in [-0.05, 0) is 23.6 Å². The molecular formula is C12H13N3O2. The van der Waals surface area contributed by atoms with Crippen LogP contribution < -0.4 is 11.1 Å². The van der Waals surface area contributed by atoms with Gasteiger partial charge in [0, 0.05) is 23.8 Å². The highest BCUT2D eigenvalue weighted by molar-refractivity contribution is 6.05. The van der Waals surface area contributed by atoms with Gasteiger partial charge in [0.15, 0.2) is 0 Å². The van der Waals surface area contributed by atoms with E-state index in [4.69, 9.17) is 10.8 Å². The highest BCUT2D eigenvalue weighted by Gasteiger charge is 2.10. The molecule has 0 radical (unpaired) electrons. The highest BCUT2D eigenvalue weighted by Crippen LogP contribution is 2.19. The van der Waals surface area contributed by atoms with Gasteiger partial charge in [-0.2, -0.15) is 0 Å². The molecule has 0 spiro atoms. The van der Waals surface area contributed by atoms with Gasteiger partial charge >= 0.3 is 0 Å². The SMILES string of the molecule is Nc1ccc2ccnc(C(=O)NCCO)c2c1. The van der Waals surface area contributed by atoms with Crippen LogP contribution in [0.1, 0.15) is 10.5 Å². The Bertz CT molecular complexity index is 554. The number of fused-ring (bicyclic) bond motifs is 1. The summed E-state index contributed by atoms with van der Waals surface area (Å²) in [4.78, 5) is 15.9. The van der Waals surface area contributed by atoms with Crippen molar-refractivity contribution in [3.63, 3.8) is 0 Å². The molecular weight excluding hydrogens is 218 g/mol. The van der Waals surface area contributed by atoms with Crippen LogP contribution in [0, 0.1) is 0 Å². The van der Waals surface area contributed by atoms with Crippen LogP contribution in [0.15, 0.2) is 30.5 Å². The number of hydrogen-bond acceptors (Lipinski definition) is 4. The highest BCUT2D eigenvalue weighted by atomic mass is 16.3. The van der Waals surface area contributed by atoms with E-state index in [1.807, 2.05) is 12.1 Å². The predicted molar refractivity (Wildman–Crippen MR) is 65.6 cm³/mol. The van der Waals surface area contributed by atoms with Crippen molar-refractivity contribution in [3.05, 3.63) is 36.2 Å². The molecule has 1 heterocycles. The fourth-order valence-corrected chi connectivity index (χ4v) is 1.62. The van der Waals surface area contributed by atoms with Gasteiger partial charge in [0.25, 0.3) is 5.91 Å². The topological polar surface area (TPSA) is 88.2 Å². The van der Waals surface area contributed by atoms with Crippen LogP contribution in [0.25, 0.3) is 10.8 Å². The largest absolute Gasteiger partial charge is 0.399 e. The molecule has 1 aromatic carbocycles. The van der Waals surface area contributed by atoms with Gasteiger partial charge in [0.1, 0.15) is 5.69 Å². The van der Waals surface area contributed by atoms with Crippen molar-refractivity contribution >= 4 is 22.4 Å². The average molecular weight is 231 g/mol. The van der Waals surface area contributed by atoms with E-state index < -0.39 is 0 Å². The molecule has 5 heteroatoms. The Labute approximate surface area is 98.3 Å². The number of nitrogens with two attached hydrogens (primary N) is 1. The number of amides is 1. The van der Waals surface area contributed by atoms with Crippen molar-refractivity contribution in [1.29, 1.82) is 0 Å². The lowest BCUT2D eigenvalue weighted by molar-refractivity contribution is 0.0941. The minimum atomic E-state index is -0.310. The van der Waals surface area contributed by atoms with Crippen molar-refractivity contribution in [1.82, 2.24) is 10.3 Å². The third kappa shape index (κ3) is 2.34. The first-order valence-corrected chi connectivity index (χ1v) is 5.25. The number of nitrogen functional groups attached to an aromatic ring is 1. The number of carbonyl (C=O) groups excluding carboxylic acids is 1. The number of aliphatic hydroxyl groups excluding tert-OH is 1. The first-order valence-electron chi connectivity index (χ1n) is 5.25. The molecule has 0 atom stereocenters. The zero-order valence-corrected chi connectivity index (χ0v) is 9.18. The van der Waals surface area contributed by atoms with Gasteiger partial charge in [-0.15, -0.1) is 0 Å². The summed E-state index contributed by atoms with van der Waals surface area (Å²) in [6.45, 7) is 0.109. The van der Waals surface area contributed by atoms with Gasteiger partial charge in [-0.1, -0.05) is 6.07 Å². The Morgan fingerprint density at radius 3 is 3.00 bits per heavy atom. The fourth-order valence-electron chi connectivity index (χ4n) is 1.62. The molecule has 0 fully saturated rings. The maximum Gasteiger partial charge on any atom is 0.270 e. The molecule has 0 unspecified atom stereocenters. The number of aliphatic hydroxyl groups is 1. The van der Waals surface area contributed by atoms with Crippen LogP contribution in [0.5, 0.6) is 0 Å². The third-order valence-electron chi connectivity index (χ3n) is 2.40. The number of nitrogens with zero attached hydrogens (tertiary/aromatic N) is 1. The Balaban J connectivity index is 2.46. The van der Waals surface area contributed by atoms with Crippen LogP contribution in [0.3, 0.4) is 0 Å². The Hall–Kier alpha value is -2.14. The van der Waals surface area contributed by atoms with Crippen LogP contribution in [0.4, 0.5) is 5.69 Å². The molecule has 0 saturated heterocycles. The number of anilines is 1. The number of benzene rings is 1. The number of carbonyl (C=O) groups is 1. The zero-order valence-electron chi connectivity index (χ0n) is 9.18. The number of rotatable bonds is 3. The number of hydrogen-bond donors (Lipinski definition) is 3. The molecule has 5 nitrogen and oxygen atoms in total. The minimum Gasteiger partial charge on any atom is -0.399 e. The summed E-state index contributed by atoms with van der Waals surface area (Å²) in [6.07, 6.45) is 1.58. The molecule has 0 aliphatic heterocycles. The molecule has 0 bridgehead atoms. The Morgan fingerprint density at radius 2 is 2.24 bits per heavy atom. The summed E-state index contributed by atoms with van der Waals surface area (Å²) in [5.41, 5.74) is 6.60. The van der Waals surface area contributed by atoms with Crippen molar-refractivity contribution in [2.75, 3.05) is 18.9 Å². The van der Waals surface area contributed by atoms with Crippen LogP contribution >= 0.6 is 0 Å². The summed E-state index contributed by atoms with van der Waals surface area (Å²) in [5, 5.41) is 12.8. The first kappa shape index (κ1) is 11.3. The number of pyridine rings is 1. The predicted octanol–water partition coefficient (Wildman–Crippen LogP) is 0.539. The summed E-state index contributed by atoms with van der Waals surface area (Å²) in [5.74, 6) is -0.310. The van der Waals surface area contributed by atoms with E-state index in [0.717, 1.165) is 5.39 Å². The van der Waals surface area contributed by atoms with E-state index in [-0.39, 0.29) is 19.1 Å². The number of aromatic nitrogens is 1. The van der Waals surface area contributed by atoms with Crippen LogP contribution in [-0.2, 0) is 0 Å². The second-order valence-electron chi connectivity index (χ2n) is 3.62. The maximum absolute atomic E-state index is 11.8. The van der Waals surface area contributed by atoms with Gasteiger partial charge in [0.2, 0.25) is 0 Å². The molecule has 17 heavy (non-hydrogen) atoms. The molecule has 0 aliphatic carbocycles. The standard InChI is InChI=1S/C12H13N3O2/c13-9-2-1-8-3-4-14-11(10(8)7-9)12(17)15-5-6-16/h1-4,7,16H,5-6,13H2,(H,15,17). The van der Waals surface area contributed by atoms with Crippen molar-refractivity contribution < 1.29 is 9.90 Å². The third-order valence-corrected chi connectivity index (χ3v) is 2.40. The number of nitrogens with one attached hydrogen (secondary N) is 1. The molecule has 0 aliphatic rings. The van der Waals surface area contributed by atoms with Crippen LogP contribution in [0.2, 0.25) is 0 Å². The van der Waals surface area contributed by atoms with Crippen LogP contribution in [-0.4, -0.2) is 29.1 Å². The summed E-state index contributed by atoms with van der Waals surface area (Å²) in [6, 6.07) is 7.15. The zero-order chi connectivity index (χ0) is 12.3. The quantitative estimate of drug-likeness (QED) is 0.673. The van der Waals surface area contributed by atoms with Crippen molar-refractivity contribution in [2.45, 2.75) is 0 Å². The molecule has 1 aromatic heterocycles. The fraction of sp³-hybridized carbons (Fsp3) is 0.167. The molecule has 2 aromatic rings. The molecule has 1 amide bonds. The maximum atomic E-state index is 11.8. The molecule has 88 valence electrons. The lowest BCUT2D eigenvalue weighted by Gasteiger charge is -2.06. The van der Waals surface area contributed by atoms with Crippen molar-refractivity contribution in [2.24, 2.45) is 0 Å². The second-order valence-corrected chi connectivity index (χ2v) is 3.62. The first-order chi connectivity index (χ1) is 8.22. The molecule has 0 saturated carbocycles. The monoisotopic (exact) mass is 231 g/mol. The van der Waals surface area contributed by atoms with E-state index in [1.165, 1.54) is 0 Å². The van der Waals surface area contributed by atoms with E-state index in [0.29, 0.717) is 16.8 Å². The average Bonchev–Trinajstić information content (AvgIpc) is 2.35. The van der Waals surface area contributed by atoms with E-state index in [2.05, 4.69) is 10.3 Å². The summed E-state index contributed by atoms with van der Waals surface area (Å²) < 4.78 is 0. The van der Waals surface area contributed by atoms with Gasteiger partial charge in [-0.3, -0.25) is 9.78 Å². The minimum absolute atomic E-state index is 0.0986. The lowest BCUT2D eigenvalue weighted by Crippen LogP contribution is -2.27. The Kier molecular flexibility index (Phi) is 3.20. The van der Waals surface area contributed by atoms with E-state index >= 15 is 0 Å². The van der Waals surface area contributed by atoms with Crippen molar-refractivity contribution in [3.8, 4) is 0 Å². The van der Waals surface area contributed by atoms with E-state index in [1.54, 1.807) is 18.3 Å². The van der Waals surface area contributed by atoms with Gasteiger partial charge in [-0.25, -0.2) is 0 Å². The van der Waals surface area contributed by atoms with E-state index in [9.17, 15) is 4.79 Å². The second kappa shape index (κ2) is 4.80.